The van der Waals surface area contributed by atoms with Crippen molar-refractivity contribution in [1.82, 2.24) is 5.32 Å². The van der Waals surface area contributed by atoms with Gasteiger partial charge in [0.05, 0.1) is 0 Å². The quantitative estimate of drug-likeness (QED) is 0.411. The highest BCUT2D eigenvalue weighted by Gasteiger charge is 1.86. The average Bonchev–Trinajstić information content (AvgIpc) is 1.97. The molecule has 3 heteroatoms. The summed E-state index contributed by atoms with van der Waals surface area (Å²) < 4.78 is 4.93. The molecule has 0 aromatic carbocycles. The lowest BCUT2D eigenvalue weighted by Gasteiger charge is -1.98. The van der Waals surface area contributed by atoms with Crippen molar-refractivity contribution in [3.8, 4) is 0 Å². The Hall–Kier alpha value is -0.410. The summed E-state index contributed by atoms with van der Waals surface area (Å²) in [5.41, 5.74) is 0. The number of hydrogen-bond donors (Lipinski definition) is 1. The zero-order chi connectivity index (χ0) is 7.66. The second kappa shape index (κ2) is 8.59. The molecule has 0 saturated carbocycles. The topological polar surface area (TPSA) is 38.3 Å². The molecule has 0 spiro atoms. The molecular weight excluding hydrogens is 130 g/mol. The number of aldehydes is 1. The van der Waals surface area contributed by atoms with Gasteiger partial charge >= 0.3 is 0 Å². The number of ether oxygens (including phenoxy) is 1. The van der Waals surface area contributed by atoms with Crippen LogP contribution in [0.25, 0.3) is 0 Å². The van der Waals surface area contributed by atoms with E-state index >= 15 is 0 Å². The summed E-state index contributed by atoms with van der Waals surface area (Å²) in [7, 11) is 1.92. The number of nitrogens with one attached hydrogen (secondary N) is 1. The molecule has 0 saturated heterocycles. The van der Waals surface area contributed by atoms with Crippen LogP contribution >= 0.6 is 0 Å². The number of hydrogen-bond acceptors (Lipinski definition) is 3. The maximum absolute atomic E-state index is 9.76. The summed E-state index contributed by atoms with van der Waals surface area (Å²) in [5.74, 6) is 0. The van der Waals surface area contributed by atoms with E-state index in [9.17, 15) is 4.79 Å². The van der Waals surface area contributed by atoms with Crippen molar-refractivity contribution < 1.29 is 9.53 Å². The second-order valence-electron chi connectivity index (χ2n) is 2.05. The number of unbranched alkanes of at least 4 members (excludes halogenated alkanes) is 1. The molecule has 3 nitrogen and oxygen atoms in total. The Morgan fingerprint density at radius 1 is 1.50 bits per heavy atom. The molecule has 0 aliphatic heterocycles. The van der Waals surface area contributed by atoms with Crippen LogP contribution in [-0.4, -0.2) is 33.1 Å². The maximum atomic E-state index is 9.76. The van der Waals surface area contributed by atoms with Gasteiger partial charge in [-0.05, 0) is 26.4 Å². The van der Waals surface area contributed by atoms with Gasteiger partial charge in [0.15, 0.2) is 0 Å². The Balaban J connectivity index is 2.70. The van der Waals surface area contributed by atoms with Gasteiger partial charge in [-0.2, -0.15) is 0 Å². The van der Waals surface area contributed by atoms with Crippen LogP contribution in [0.4, 0.5) is 0 Å². The van der Waals surface area contributed by atoms with Crippen molar-refractivity contribution >= 4 is 6.29 Å². The first kappa shape index (κ1) is 9.59. The lowest BCUT2D eigenvalue weighted by Crippen LogP contribution is -2.08. The Labute approximate surface area is 61.8 Å². The molecule has 0 amide bonds. The summed E-state index contributed by atoms with van der Waals surface area (Å²) in [6, 6.07) is 0. The first-order valence-corrected chi connectivity index (χ1v) is 3.57. The van der Waals surface area contributed by atoms with Crippen molar-refractivity contribution in [2.75, 3.05) is 26.8 Å². The molecule has 0 aliphatic carbocycles. The van der Waals surface area contributed by atoms with E-state index in [1.165, 1.54) is 0 Å². The van der Waals surface area contributed by atoms with Crippen LogP contribution in [0.3, 0.4) is 0 Å². The van der Waals surface area contributed by atoms with Crippen molar-refractivity contribution in [2.45, 2.75) is 12.8 Å². The van der Waals surface area contributed by atoms with Gasteiger partial charge in [0, 0.05) is 6.61 Å². The van der Waals surface area contributed by atoms with Crippen LogP contribution in [0.15, 0.2) is 0 Å². The zero-order valence-electron chi connectivity index (χ0n) is 6.43. The molecule has 0 atom stereocenters. The second-order valence-corrected chi connectivity index (χ2v) is 2.05. The fraction of sp³-hybridized carbons (Fsp3) is 0.857. The average molecular weight is 145 g/mol. The molecule has 0 bridgehead atoms. The van der Waals surface area contributed by atoms with Crippen molar-refractivity contribution in [3.63, 3.8) is 0 Å². The Morgan fingerprint density at radius 3 is 2.90 bits per heavy atom. The fourth-order valence-electron chi connectivity index (χ4n) is 0.637. The minimum Gasteiger partial charge on any atom is -0.374 e. The lowest BCUT2D eigenvalue weighted by atomic mass is 10.3. The predicted molar refractivity (Wildman–Crippen MR) is 40.0 cm³/mol. The monoisotopic (exact) mass is 145 g/mol. The molecule has 0 rings (SSSR count). The molecule has 0 unspecified atom stereocenters. The third kappa shape index (κ3) is 7.59. The van der Waals surface area contributed by atoms with Crippen molar-refractivity contribution in [2.24, 2.45) is 0 Å². The maximum Gasteiger partial charge on any atom is 0.145 e. The standard InChI is InChI=1S/C7H15NO2/c1-8-4-2-3-6-10-7-5-9/h5,8H,2-4,6-7H2,1H3. The molecule has 0 radical (unpaired) electrons. The summed E-state index contributed by atoms with van der Waals surface area (Å²) in [6.45, 7) is 1.95. The van der Waals surface area contributed by atoms with E-state index in [-0.39, 0.29) is 6.61 Å². The molecule has 0 aliphatic rings. The molecule has 0 aromatic heterocycles. The van der Waals surface area contributed by atoms with Crippen LogP contribution in [0.1, 0.15) is 12.8 Å². The molecule has 60 valence electrons. The third-order valence-corrected chi connectivity index (χ3v) is 1.15. The SMILES string of the molecule is CNCCCCOCC=O. The van der Waals surface area contributed by atoms with Gasteiger partial charge in [0.1, 0.15) is 12.9 Å². The van der Waals surface area contributed by atoms with E-state index in [4.69, 9.17) is 4.74 Å². The van der Waals surface area contributed by atoms with Gasteiger partial charge in [0.2, 0.25) is 0 Å². The van der Waals surface area contributed by atoms with Gasteiger partial charge in [-0.25, -0.2) is 0 Å². The molecule has 1 N–H and O–H groups in total. The first-order chi connectivity index (χ1) is 4.91. The minimum absolute atomic E-state index is 0.236. The van der Waals surface area contributed by atoms with E-state index in [0.29, 0.717) is 6.61 Å². The van der Waals surface area contributed by atoms with Gasteiger partial charge in [-0.15, -0.1) is 0 Å². The fourth-order valence-corrected chi connectivity index (χ4v) is 0.637. The highest BCUT2D eigenvalue weighted by molar-refractivity contribution is 5.50. The van der Waals surface area contributed by atoms with Crippen LogP contribution in [-0.2, 0) is 9.53 Å². The van der Waals surface area contributed by atoms with Crippen LogP contribution in [0, 0.1) is 0 Å². The van der Waals surface area contributed by atoms with E-state index in [2.05, 4.69) is 5.32 Å². The normalized spacial score (nSPS) is 9.70. The van der Waals surface area contributed by atoms with Crippen LogP contribution in [0.2, 0.25) is 0 Å². The Bertz CT molecular complexity index is 76.0. The smallest absolute Gasteiger partial charge is 0.145 e. The summed E-state index contributed by atoms with van der Waals surface area (Å²) in [6.07, 6.45) is 2.90. The predicted octanol–water partition coefficient (Wildman–Crippen LogP) is 0.201. The highest BCUT2D eigenvalue weighted by Crippen LogP contribution is 1.86. The minimum atomic E-state index is 0.236. The molecule has 0 fully saturated rings. The highest BCUT2D eigenvalue weighted by atomic mass is 16.5. The summed E-state index contributed by atoms with van der Waals surface area (Å²) >= 11 is 0. The van der Waals surface area contributed by atoms with E-state index in [0.717, 1.165) is 25.7 Å². The third-order valence-electron chi connectivity index (χ3n) is 1.15. The van der Waals surface area contributed by atoms with E-state index in [1.54, 1.807) is 0 Å². The van der Waals surface area contributed by atoms with E-state index < -0.39 is 0 Å². The van der Waals surface area contributed by atoms with Crippen molar-refractivity contribution in [1.29, 1.82) is 0 Å². The number of carbonyl (C=O) groups is 1. The lowest BCUT2D eigenvalue weighted by molar-refractivity contribution is -0.111. The zero-order valence-corrected chi connectivity index (χ0v) is 6.43. The van der Waals surface area contributed by atoms with Gasteiger partial charge < -0.3 is 14.8 Å². The van der Waals surface area contributed by atoms with E-state index in [1.807, 2.05) is 7.05 Å². The molecular formula is C7H15NO2. The largest absolute Gasteiger partial charge is 0.374 e. The number of carbonyl (C=O) groups excluding carboxylic acids is 1. The summed E-state index contributed by atoms with van der Waals surface area (Å²) in [5, 5.41) is 3.03. The van der Waals surface area contributed by atoms with Crippen LogP contribution < -0.4 is 5.32 Å². The Kier molecular flexibility index (Phi) is 8.24. The Morgan fingerprint density at radius 2 is 2.30 bits per heavy atom. The van der Waals surface area contributed by atoms with Gasteiger partial charge in [-0.3, -0.25) is 0 Å². The molecule has 0 heterocycles. The first-order valence-electron chi connectivity index (χ1n) is 3.57. The van der Waals surface area contributed by atoms with Crippen molar-refractivity contribution in [3.05, 3.63) is 0 Å². The summed E-state index contributed by atoms with van der Waals surface area (Å²) in [4.78, 5) is 9.76. The molecule has 10 heavy (non-hydrogen) atoms. The number of rotatable bonds is 7. The van der Waals surface area contributed by atoms with Crippen LogP contribution in [0.5, 0.6) is 0 Å². The molecule has 0 aromatic rings. The van der Waals surface area contributed by atoms with Gasteiger partial charge in [0.25, 0.3) is 0 Å². The van der Waals surface area contributed by atoms with Gasteiger partial charge in [-0.1, -0.05) is 0 Å².